The quantitative estimate of drug-likeness (QED) is 0.593. The Morgan fingerprint density at radius 2 is 1.83 bits per heavy atom. The third-order valence-electron chi connectivity index (χ3n) is 9.34. The molecule has 3 fully saturated rings. The number of phenols is 1. The molecule has 2 aromatic rings. The Morgan fingerprint density at radius 3 is 2.56 bits per heavy atom. The average molecular weight is 489 g/mol. The normalized spacial score (nSPS) is 31.9. The number of amides is 1. The van der Waals surface area contributed by atoms with Crippen molar-refractivity contribution in [3.8, 4) is 11.5 Å². The van der Waals surface area contributed by atoms with Crippen LogP contribution in [0.25, 0.3) is 0 Å². The number of likely N-dealkylation sites (tertiary alicyclic amines) is 1. The minimum atomic E-state index is -1.04. The zero-order valence-corrected chi connectivity index (χ0v) is 19.8. The van der Waals surface area contributed by atoms with Gasteiger partial charge in [-0.15, -0.1) is 0 Å². The molecule has 8 nitrogen and oxygen atoms in total. The lowest BCUT2D eigenvalue weighted by Crippen LogP contribution is -2.81. The van der Waals surface area contributed by atoms with Gasteiger partial charge in [-0.25, -0.2) is 4.79 Å². The van der Waals surface area contributed by atoms with Crippen LogP contribution < -0.4 is 10.1 Å². The maximum Gasteiger partial charge on any atom is 0.335 e. The van der Waals surface area contributed by atoms with Gasteiger partial charge in [0.05, 0.1) is 16.5 Å². The summed E-state index contributed by atoms with van der Waals surface area (Å²) in [5.74, 6) is -0.205. The molecule has 2 aromatic carbocycles. The standard InChI is InChI=1S/C28H28N2O6/c31-19-8-7-18-13-21-28(29-25(33)16-3-5-17(6-4-16)26(34)35)10-9-20(32)24-27(28,22(18)23(19)36-24)11-12-30(21)14-15-1-2-15/h3-8,15,21,24,31H,1-2,9-14H2,(H,29,33)(H,34,35)/t21-,24+,27+,28-/m1/s1. The van der Waals surface area contributed by atoms with Crippen LogP contribution in [0.5, 0.6) is 11.5 Å². The van der Waals surface area contributed by atoms with E-state index >= 15 is 0 Å². The molecule has 2 aliphatic heterocycles. The molecule has 0 radical (unpaired) electrons. The Kier molecular flexibility index (Phi) is 4.44. The van der Waals surface area contributed by atoms with Crippen LogP contribution in [0.2, 0.25) is 0 Å². The lowest BCUT2D eigenvalue weighted by Gasteiger charge is -2.65. The van der Waals surface area contributed by atoms with Crippen molar-refractivity contribution in [1.82, 2.24) is 10.2 Å². The van der Waals surface area contributed by atoms with E-state index in [2.05, 4.69) is 10.2 Å². The minimum absolute atomic E-state index is 0.00344. The molecule has 3 N–H and O–H groups in total. The molecule has 7 rings (SSSR count). The van der Waals surface area contributed by atoms with Gasteiger partial charge in [-0.2, -0.15) is 0 Å². The molecular formula is C28H28N2O6. The zero-order valence-electron chi connectivity index (χ0n) is 19.8. The van der Waals surface area contributed by atoms with E-state index in [0.29, 0.717) is 42.9 Å². The molecule has 5 aliphatic rings. The Morgan fingerprint density at radius 1 is 1.08 bits per heavy atom. The number of Topliss-reactive ketones (excluding diaryl/α,β-unsaturated/α-hetero) is 1. The van der Waals surface area contributed by atoms with E-state index in [1.165, 1.54) is 37.1 Å². The second kappa shape index (κ2) is 7.32. The van der Waals surface area contributed by atoms with Gasteiger partial charge in [0.1, 0.15) is 0 Å². The second-order valence-electron chi connectivity index (χ2n) is 11.1. The summed E-state index contributed by atoms with van der Waals surface area (Å²) < 4.78 is 6.27. The van der Waals surface area contributed by atoms with Gasteiger partial charge in [0, 0.05) is 30.1 Å². The average Bonchev–Trinajstić information content (AvgIpc) is 3.61. The highest BCUT2D eigenvalue weighted by atomic mass is 16.5. The third kappa shape index (κ3) is 2.76. The number of rotatable bonds is 5. The van der Waals surface area contributed by atoms with Gasteiger partial charge in [-0.05, 0) is 80.5 Å². The van der Waals surface area contributed by atoms with Crippen LogP contribution >= 0.6 is 0 Å². The molecule has 2 saturated carbocycles. The highest BCUT2D eigenvalue weighted by Crippen LogP contribution is 2.65. The number of ether oxygens (including phenoxy) is 1. The van der Waals surface area contributed by atoms with Gasteiger partial charge in [-0.1, -0.05) is 6.07 Å². The molecule has 1 amide bonds. The molecular weight excluding hydrogens is 460 g/mol. The summed E-state index contributed by atoms with van der Waals surface area (Å²) in [7, 11) is 0. The number of aromatic hydroxyl groups is 1. The van der Waals surface area contributed by atoms with Crippen LogP contribution in [0.1, 0.15) is 63.9 Å². The molecule has 1 spiro atoms. The van der Waals surface area contributed by atoms with Gasteiger partial charge >= 0.3 is 5.97 Å². The molecule has 2 bridgehead atoms. The van der Waals surface area contributed by atoms with Crippen LogP contribution in [0.4, 0.5) is 0 Å². The first-order chi connectivity index (χ1) is 17.3. The number of ketones is 1. The molecule has 0 aromatic heterocycles. The van der Waals surface area contributed by atoms with Crippen molar-refractivity contribution in [2.24, 2.45) is 5.92 Å². The largest absolute Gasteiger partial charge is 0.504 e. The first kappa shape index (κ1) is 21.9. The number of phenolic OH excluding ortho intramolecular Hbond substituents is 1. The Hall–Kier alpha value is -3.39. The van der Waals surface area contributed by atoms with Crippen LogP contribution in [0.15, 0.2) is 36.4 Å². The van der Waals surface area contributed by atoms with Crippen molar-refractivity contribution in [2.75, 3.05) is 13.1 Å². The van der Waals surface area contributed by atoms with Crippen LogP contribution in [-0.2, 0) is 16.6 Å². The van der Waals surface area contributed by atoms with Crippen molar-refractivity contribution in [3.05, 3.63) is 58.7 Å². The van der Waals surface area contributed by atoms with E-state index in [0.717, 1.165) is 24.2 Å². The summed E-state index contributed by atoms with van der Waals surface area (Å²) in [5.41, 5.74) is 0.992. The maximum absolute atomic E-state index is 13.7. The topological polar surface area (TPSA) is 116 Å². The predicted molar refractivity (Wildman–Crippen MR) is 128 cm³/mol. The number of carbonyl (C=O) groups is 3. The van der Waals surface area contributed by atoms with Gasteiger partial charge in [0.15, 0.2) is 23.4 Å². The number of aromatic carboxylic acids is 1. The third-order valence-corrected chi connectivity index (χ3v) is 9.34. The molecule has 0 unspecified atom stereocenters. The van der Waals surface area contributed by atoms with Crippen molar-refractivity contribution >= 4 is 17.7 Å². The van der Waals surface area contributed by atoms with E-state index in [-0.39, 0.29) is 29.0 Å². The fraction of sp³-hybridized carbons (Fsp3) is 0.464. The molecule has 8 heteroatoms. The van der Waals surface area contributed by atoms with E-state index < -0.39 is 23.0 Å². The number of carboxylic acid groups (broad SMARTS) is 1. The zero-order chi connectivity index (χ0) is 24.8. The summed E-state index contributed by atoms with van der Waals surface area (Å²) in [6.07, 6.45) is 3.88. The lowest BCUT2D eigenvalue weighted by atomic mass is 9.47. The fourth-order valence-electron chi connectivity index (χ4n) is 7.60. The molecule has 2 heterocycles. The number of piperidine rings is 1. The lowest BCUT2D eigenvalue weighted by molar-refractivity contribution is -0.143. The molecule has 3 aliphatic carbocycles. The van der Waals surface area contributed by atoms with Crippen LogP contribution in [0.3, 0.4) is 0 Å². The van der Waals surface area contributed by atoms with Crippen molar-refractivity contribution < 1.29 is 29.3 Å². The van der Waals surface area contributed by atoms with Gasteiger partial charge in [-0.3, -0.25) is 14.5 Å². The van der Waals surface area contributed by atoms with Crippen molar-refractivity contribution in [1.29, 1.82) is 0 Å². The summed E-state index contributed by atoms with van der Waals surface area (Å²) in [4.78, 5) is 40.9. The molecule has 1 saturated heterocycles. The summed E-state index contributed by atoms with van der Waals surface area (Å²) in [6.45, 7) is 1.79. The predicted octanol–water partition coefficient (Wildman–Crippen LogP) is 2.66. The highest BCUT2D eigenvalue weighted by Gasteiger charge is 2.74. The van der Waals surface area contributed by atoms with E-state index in [1.54, 1.807) is 6.07 Å². The number of hydrogen-bond acceptors (Lipinski definition) is 6. The van der Waals surface area contributed by atoms with Crippen LogP contribution in [-0.4, -0.2) is 63.5 Å². The Bertz CT molecular complexity index is 1320. The Labute approximate surface area is 208 Å². The smallest absolute Gasteiger partial charge is 0.335 e. The van der Waals surface area contributed by atoms with E-state index in [1.807, 2.05) is 6.07 Å². The van der Waals surface area contributed by atoms with Crippen molar-refractivity contribution in [2.45, 2.75) is 61.6 Å². The second-order valence-corrected chi connectivity index (χ2v) is 11.1. The first-order valence-electron chi connectivity index (χ1n) is 12.8. The SMILES string of the molecule is O=C(O)c1ccc(C(=O)N[C@@]23CCC(=O)[C@@H]4Oc5c(O)ccc6c5[C@@]42CCN(CC2CC2)[C@@H]3C6)cc1. The maximum atomic E-state index is 13.7. The van der Waals surface area contributed by atoms with Gasteiger partial charge in [0.2, 0.25) is 0 Å². The first-order valence-corrected chi connectivity index (χ1v) is 12.8. The summed E-state index contributed by atoms with van der Waals surface area (Å²) >= 11 is 0. The highest BCUT2D eigenvalue weighted by molar-refractivity contribution is 5.98. The number of nitrogens with one attached hydrogen (secondary N) is 1. The molecule has 36 heavy (non-hydrogen) atoms. The number of hydrogen-bond donors (Lipinski definition) is 3. The summed E-state index contributed by atoms with van der Waals surface area (Å²) in [6, 6.07) is 9.55. The van der Waals surface area contributed by atoms with Crippen LogP contribution in [0, 0.1) is 5.92 Å². The molecule has 4 atom stereocenters. The van der Waals surface area contributed by atoms with Gasteiger partial charge < -0.3 is 20.3 Å². The number of carboxylic acids is 1. The van der Waals surface area contributed by atoms with E-state index in [9.17, 15) is 24.6 Å². The number of carbonyl (C=O) groups excluding carboxylic acids is 2. The minimum Gasteiger partial charge on any atom is -0.504 e. The fourth-order valence-corrected chi connectivity index (χ4v) is 7.60. The van der Waals surface area contributed by atoms with Gasteiger partial charge in [0.25, 0.3) is 5.91 Å². The van der Waals surface area contributed by atoms with Crippen molar-refractivity contribution in [3.63, 3.8) is 0 Å². The summed E-state index contributed by atoms with van der Waals surface area (Å²) in [5, 5.41) is 23.4. The monoisotopic (exact) mass is 488 g/mol. The Balaban J connectivity index is 1.37. The molecule has 186 valence electrons. The number of benzene rings is 2. The van der Waals surface area contributed by atoms with E-state index in [4.69, 9.17) is 4.74 Å². The number of nitrogens with zero attached hydrogens (tertiary/aromatic N) is 1.